The highest BCUT2D eigenvalue weighted by Crippen LogP contribution is 2.28. The molecule has 4 nitrogen and oxygen atoms in total. The number of thioether (sulfide) groups is 1. The second-order valence-electron chi connectivity index (χ2n) is 5.43. The predicted molar refractivity (Wildman–Crippen MR) is 95.7 cm³/mol. The van der Waals surface area contributed by atoms with Gasteiger partial charge in [-0.15, -0.1) is 11.8 Å². The average Bonchev–Trinajstić information content (AvgIpc) is 2.98. The van der Waals surface area contributed by atoms with Gasteiger partial charge in [0.15, 0.2) is 0 Å². The third-order valence-corrected chi connectivity index (χ3v) is 5.33. The Hall–Kier alpha value is -1.98. The summed E-state index contributed by atoms with van der Waals surface area (Å²) in [7, 11) is 0. The minimum atomic E-state index is 0.0253. The molecule has 1 aliphatic heterocycles. The molecular weight excluding hydrogens is 330 g/mol. The number of anilines is 1. The first kappa shape index (κ1) is 14.6. The highest BCUT2D eigenvalue weighted by atomic mass is 35.5. The van der Waals surface area contributed by atoms with E-state index in [4.69, 9.17) is 11.6 Å². The maximum absolute atomic E-state index is 12.7. The molecule has 1 N–H and O–H groups in total. The summed E-state index contributed by atoms with van der Waals surface area (Å²) < 4.78 is 1.78. The van der Waals surface area contributed by atoms with Gasteiger partial charge < -0.3 is 5.32 Å². The standard InChI is InChI=1S/C17H14ClN3OS/c18-11-5-7-13(8-6-11)23-10-12-9-19-17-20-15-4-2-1-3-14(15)16(22)21(12)17/h1-8,12H,9-10H2,(H,19,20)/t12-/m1/s1. The summed E-state index contributed by atoms with van der Waals surface area (Å²) in [5.74, 6) is 1.47. The number of hydrogen-bond donors (Lipinski definition) is 1. The van der Waals surface area contributed by atoms with Crippen molar-refractivity contribution >= 4 is 40.2 Å². The van der Waals surface area contributed by atoms with Crippen LogP contribution in [0.5, 0.6) is 0 Å². The molecule has 0 amide bonds. The van der Waals surface area contributed by atoms with Gasteiger partial charge in [-0.05, 0) is 36.4 Å². The van der Waals surface area contributed by atoms with Crippen molar-refractivity contribution in [1.82, 2.24) is 9.55 Å². The van der Waals surface area contributed by atoms with Crippen LogP contribution >= 0.6 is 23.4 Å². The highest BCUT2D eigenvalue weighted by Gasteiger charge is 2.25. The fraction of sp³-hybridized carbons (Fsp3) is 0.176. The van der Waals surface area contributed by atoms with Crippen molar-refractivity contribution in [2.45, 2.75) is 10.9 Å². The summed E-state index contributed by atoms with van der Waals surface area (Å²) in [5, 5.41) is 4.64. The Morgan fingerprint density at radius 1 is 1.22 bits per heavy atom. The molecule has 0 spiro atoms. The zero-order valence-electron chi connectivity index (χ0n) is 12.2. The van der Waals surface area contributed by atoms with Crippen LogP contribution in [-0.2, 0) is 0 Å². The second kappa shape index (κ2) is 5.91. The molecule has 6 heteroatoms. The lowest BCUT2D eigenvalue weighted by Crippen LogP contribution is -2.24. The third kappa shape index (κ3) is 2.71. The van der Waals surface area contributed by atoms with Crippen LogP contribution in [0.25, 0.3) is 10.9 Å². The molecule has 2 heterocycles. The summed E-state index contributed by atoms with van der Waals surface area (Å²) >= 11 is 7.63. The Bertz CT molecular complexity index is 923. The van der Waals surface area contributed by atoms with Gasteiger partial charge in [0.25, 0.3) is 5.56 Å². The first-order valence-corrected chi connectivity index (χ1v) is 8.72. The Morgan fingerprint density at radius 3 is 2.83 bits per heavy atom. The van der Waals surface area contributed by atoms with Gasteiger partial charge >= 0.3 is 0 Å². The normalized spacial score (nSPS) is 16.3. The van der Waals surface area contributed by atoms with Crippen molar-refractivity contribution in [3.63, 3.8) is 0 Å². The van der Waals surface area contributed by atoms with Crippen LogP contribution < -0.4 is 10.9 Å². The molecule has 0 unspecified atom stereocenters. The van der Waals surface area contributed by atoms with Crippen molar-refractivity contribution in [1.29, 1.82) is 0 Å². The van der Waals surface area contributed by atoms with E-state index in [0.717, 1.165) is 27.7 Å². The molecule has 0 radical (unpaired) electrons. The van der Waals surface area contributed by atoms with Crippen LogP contribution in [0.4, 0.5) is 5.95 Å². The van der Waals surface area contributed by atoms with Gasteiger partial charge in [-0.2, -0.15) is 0 Å². The summed E-state index contributed by atoms with van der Waals surface area (Å²) in [6, 6.07) is 15.3. The fourth-order valence-corrected chi connectivity index (χ4v) is 3.87. The van der Waals surface area contributed by atoms with Gasteiger partial charge in [-0.25, -0.2) is 4.98 Å². The van der Waals surface area contributed by atoms with Gasteiger partial charge in [-0.1, -0.05) is 23.7 Å². The lowest BCUT2D eigenvalue weighted by atomic mass is 10.2. The molecule has 0 aliphatic carbocycles. The van der Waals surface area contributed by atoms with E-state index in [2.05, 4.69) is 10.3 Å². The number of nitrogens with zero attached hydrogens (tertiary/aromatic N) is 2. The van der Waals surface area contributed by atoms with E-state index in [0.29, 0.717) is 11.3 Å². The van der Waals surface area contributed by atoms with Crippen molar-refractivity contribution in [3.8, 4) is 0 Å². The SMILES string of the molecule is O=c1c2ccccc2nc2n1[C@@H](CSc1ccc(Cl)cc1)CN2. The van der Waals surface area contributed by atoms with Crippen LogP contribution in [0, 0.1) is 0 Å². The van der Waals surface area contributed by atoms with Gasteiger partial charge in [0.2, 0.25) is 5.95 Å². The van der Waals surface area contributed by atoms with Gasteiger partial charge in [0, 0.05) is 22.2 Å². The zero-order valence-corrected chi connectivity index (χ0v) is 13.8. The summed E-state index contributed by atoms with van der Waals surface area (Å²) in [6.07, 6.45) is 0. The zero-order chi connectivity index (χ0) is 15.8. The smallest absolute Gasteiger partial charge is 0.263 e. The molecule has 116 valence electrons. The molecule has 0 saturated carbocycles. The summed E-state index contributed by atoms with van der Waals surface area (Å²) in [6.45, 7) is 0.721. The summed E-state index contributed by atoms with van der Waals surface area (Å²) in [4.78, 5) is 18.4. The van der Waals surface area contributed by atoms with E-state index in [9.17, 15) is 4.79 Å². The summed E-state index contributed by atoms with van der Waals surface area (Å²) in [5.41, 5.74) is 0.763. The number of para-hydroxylation sites is 1. The maximum Gasteiger partial charge on any atom is 0.263 e. The van der Waals surface area contributed by atoms with E-state index < -0.39 is 0 Å². The van der Waals surface area contributed by atoms with Crippen LogP contribution in [0.2, 0.25) is 5.02 Å². The predicted octanol–water partition coefficient (Wildman–Crippen LogP) is 3.81. The van der Waals surface area contributed by atoms with Crippen LogP contribution in [0.1, 0.15) is 6.04 Å². The largest absolute Gasteiger partial charge is 0.353 e. The number of fused-ring (bicyclic) bond motifs is 2. The van der Waals surface area contributed by atoms with Gasteiger partial charge in [0.05, 0.1) is 16.9 Å². The monoisotopic (exact) mass is 343 g/mol. The van der Waals surface area contributed by atoms with Crippen molar-refractivity contribution in [3.05, 3.63) is 63.9 Å². The molecule has 2 aromatic carbocycles. The second-order valence-corrected chi connectivity index (χ2v) is 6.96. The number of nitrogens with one attached hydrogen (secondary N) is 1. The van der Waals surface area contributed by atoms with E-state index in [1.807, 2.05) is 48.5 Å². The molecule has 4 rings (SSSR count). The molecule has 1 aromatic heterocycles. The lowest BCUT2D eigenvalue weighted by molar-refractivity contribution is 0.619. The van der Waals surface area contributed by atoms with Crippen molar-refractivity contribution in [2.75, 3.05) is 17.6 Å². The highest BCUT2D eigenvalue weighted by molar-refractivity contribution is 7.99. The molecule has 23 heavy (non-hydrogen) atoms. The van der Waals surface area contributed by atoms with Crippen molar-refractivity contribution < 1.29 is 0 Å². The quantitative estimate of drug-likeness (QED) is 0.735. The molecule has 1 atom stereocenters. The topological polar surface area (TPSA) is 46.9 Å². The first-order valence-electron chi connectivity index (χ1n) is 7.36. The molecule has 3 aromatic rings. The average molecular weight is 344 g/mol. The van der Waals surface area contributed by atoms with Crippen LogP contribution in [0.3, 0.4) is 0 Å². The van der Waals surface area contributed by atoms with E-state index in [1.165, 1.54) is 0 Å². The molecule has 0 saturated heterocycles. The Kier molecular flexibility index (Phi) is 3.75. The fourth-order valence-electron chi connectivity index (χ4n) is 2.77. The van der Waals surface area contributed by atoms with Crippen LogP contribution in [0.15, 0.2) is 58.2 Å². The van der Waals surface area contributed by atoms with Gasteiger partial charge in [0.1, 0.15) is 0 Å². The first-order chi connectivity index (χ1) is 11.2. The maximum atomic E-state index is 12.7. The van der Waals surface area contributed by atoms with E-state index in [-0.39, 0.29) is 11.6 Å². The molecule has 1 aliphatic rings. The van der Waals surface area contributed by atoms with E-state index in [1.54, 1.807) is 16.3 Å². The molecule has 0 fully saturated rings. The number of aromatic nitrogens is 2. The number of halogens is 1. The number of rotatable bonds is 3. The van der Waals surface area contributed by atoms with Crippen LogP contribution in [-0.4, -0.2) is 21.8 Å². The van der Waals surface area contributed by atoms with Gasteiger partial charge in [-0.3, -0.25) is 9.36 Å². The third-order valence-electron chi connectivity index (χ3n) is 3.92. The Morgan fingerprint density at radius 2 is 2.00 bits per heavy atom. The van der Waals surface area contributed by atoms with E-state index >= 15 is 0 Å². The number of benzene rings is 2. The molecular formula is C17H14ClN3OS. The minimum absolute atomic E-state index is 0.0253. The molecule has 0 bridgehead atoms. The minimum Gasteiger partial charge on any atom is -0.353 e. The Labute approximate surface area is 142 Å². The lowest BCUT2D eigenvalue weighted by Gasteiger charge is -2.13. The Balaban J connectivity index is 1.63. The van der Waals surface area contributed by atoms with Crippen molar-refractivity contribution in [2.24, 2.45) is 0 Å². The number of hydrogen-bond acceptors (Lipinski definition) is 4.